The monoisotopic (exact) mass is 335 g/mol. The molecule has 0 spiro atoms. The van der Waals surface area contributed by atoms with Crippen molar-refractivity contribution in [2.45, 2.75) is 19.5 Å². The van der Waals surface area contributed by atoms with Gasteiger partial charge < -0.3 is 10.3 Å². The lowest BCUT2D eigenvalue weighted by Gasteiger charge is -2.32. The molecule has 0 unspecified atom stereocenters. The molecule has 2 N–H and O–H groups in total. The second-order valence-corrected chi connectivity index (χ2v) is 6.34. The minimum absolute atomic E-state index is 0.0232. The van der Waals surface area contributed by atoms with E-state index in [1.54, 1.807) is 0 Å². The van der Waals surface area contributed by atoms with Crippen LogP contribution in [0, 0.1) is 0 Å². The molecule has 2 heterocycles. The van der Waals surface area contributed by atoms with E-state index < -0.39 is 0 Å². The van der Waals surface area contributed by atoms with Gasteiger partial charge in [-0.05, 0) is 36.1 Å². The molecule has 0 aliphatic carbocycles. The van der Waals surface area contributed by atoms with Gasteiger partial charge in [-0.3, -0.25) is 9.69 Å². The van der Waals surface area contributed by atoms with Gasteiger partial charge in [0.2, 0.25) is 0 Å². The molecule has 1 aromatic carbocycles. The van der Waals surface area contributed by atoms with Crippen molar-refractivity contribution in [1.29, 1.82) is 0 Å². The van der Waals surface area contributed by atoms with Crippen LogP contribution in [0.15, 0.2) is 33.7 Å². The zero-order valence-corrected chi connectivity index (χ0v) is 13.0. The number of rotatable bonds is 2. The minimum atomic E-state index is -0.0232. The summed E-state index contributed by atoms with van der Waals surface area (Å²) in [4.78, 5) is 17.2. The molecule has 2 aromatic rings. The molecule has 1 saturated heterocycles. The zero-order valence-electron chi connectivity index (χ0n) is 11.4. The highest BCUT2D eigenvalue weighted by molar-refractivity contribution is 9.10. The van der Waals surface area contributed by atoms with Crippen molar-refractivity contribution in [2.24, 2.45) is 0 Å². The van der Waals surface area contributed by atoms with Crippen LogP contribution in [-0.4, -0.2) is 35.6 Å². The summed E-state index contributed by atoms with van der Waals surface area (Å²) < 4.78 is 1.01. The van der Waals surface area contributed by atoms with E-state index in [-0.39, 0.29) is 5.56 Å². The van der Waals surface area contributed by atoms with Crippen molar-refractivity contribution in [2.75, 3.05) is 19.6 Å². The van der Waals surface area contributed by atoms with Gasteiger partial charge in [0.05, 0.1) is 0 Å². The number of piperazine rings is 1. The molecule has 1 aromatic heterocycles. The van der Waals surface area contributed by atoms with Crippen molar-refractivity contribution in [1.82, 2.24) is 15.2 Å². The first-order valence-electron chi connectivity index (χ1n) is 6.89. The number of nitrogens with zero attached hydrogens (tertiary/aromatic N) is 1. The summed E-state index contributed by atoms with van der Waals surface area (Å²) >= 11 is 3.49. The normalized spacial score (nSPS) is 20.4. The minimum Gasteiger partial charge on any atom is -0.328 e. The second-order valence-electron chi connectivity index (χ2n) is 5.42. The lowest BCUT2D eigenvalue weighted by Crippen LogP contribution is -2.48. The number of benzene rings is 1. The number of pyridine rings is 1. The fraction of sp³-hybridized carbons (Fsp3) is 0.400. The zero-order chi connectivity index (χ0) is 14.1. The molecule has 4 nitrogen and oxygen atoms in total. The van der Waals surface area contributed by atoms with E-state index in [0.717, 1.165) is 41.4 Å². The van der Waals surface area contributed by atoms with Crippen molar-refractivity contribution in [3.8, 4) is 0 Å². The predicted octanol–water partition coefficient (Wildman–Crippen LogP) is 2.08. The van der Waals surface area contributed by atoms with Gasteiger partial charge in [-0.15, -0.1) is 0 Å². The summed E-state index contributed by atoms with van der Waals surface area (Å²) in [6.07, 6.45) is 1.85. The van der Waals surface area contributed by atoms with Crippen LogP contribution in [0.1, 0.15) is 12.5 Å². The fourth-order valence-corrected chi connectivity index (χ4v) is 3.18. The third-order valence-electron chi connectivity index (χ3n) is 3.80. The average molecular weight is 336 g/mol. The molecule has 106 valence electrons. The Morgan fingerprint density at radius 1 is 1.40 bits per heavy atom. The fourth-order valence-electron chi connectivity index (χ4n) is 2.82. The lowest BCUT2D eigenvalue weighted by atomic mass is 10.1. The van der Waals surface area contributed by atoms with Gasteiger partial charge in [-0.2, -0.15) is 0 Å². The summed E-state index contributed by atoms with van der Waals surface area (Å²) in [5, 5.41) is 5.24. The standard InChI is InChI=1S/C15H18BrN3O/c1-10-8-19(5-4-17-10)9-11-7-18-15(20)13-3-2-12(16)6-14(11)13/h2-3,6-7,10,17H,4-5,8-9H2,1H3,(H,18,20)/t10-/m0/s1. The molecule has 1 aliphatic rings. The molecule has 0 saturated carbocycles. The van der Waals surface area contributed by atoms with Crippen molar-refractivity contribution < 1.29 is 0 Å². The number of fused-ring (bicyclic) bond motifs is 1. The van der Waals surface area contributed by atoms with Crippen molar-refractivity contribution >= 4 is 26.7 Å². The number of nitrogens with one attached hydrogen (secondary N) is 2. The third-order valence-corrected chi connectivity index (χ3v) is 4.29. The van der Waals surface area contributed by atoms with E-state index in [0.29, 0.717) is 6.04 Å². The maximum absolute atomic E-state index is 11.9. The summed E-state index contributed by atoms with van der Waals surface area (Å²) in [6, 6.07) is 6.34. The van der Waals surface area contributed by atoms with Crippen molar-refractivity contribution in [3.05, 3.63) is 44.8 Å². The molecule has 1 aliphatic heterocycles. The summed E-state index contributed by atoms with van der Waals surface area (Å²) in [7, 11) is 0. The Bertz CT molecular complexity index is 682. The molecule has 0 radical (unpaired) electrons. The molecule has 0 amide bonds. The van der Waals surface area contributed by atoms with Gasteiger partial charge >= 0.3 is 0 Å². The van der Waals surface area contributed by atoms with E-state index in [4.69, 9.17) is 0 Å². The molecule has 5 heteroatoms. The Kier molecular flexibility index (Phi) is 3.92. The van der Waals surface area contributed by atoms with Crippen LogP contribution in [0.25, 0.3) is 10.8 Å². The Morgan fingerprint density at radius 3 is 3.05 bits per heavy atom. The second kappa shape index (κ2) is 5.68. The summed E-state index contributed by atoms with van der Waals surface area (Å²) in [6.45, 7) is 6.17. The highest BCUT2D eigenvalue weighted by Crippen LogP contribution is 2.21. The van der Waals surface area contributed by atoms with E-state index in [2.05, 4.69) is 38.1 Å². The first-order chi connectivity index (χ1) is 9.63. The number of aromatic amines is 1. The van der Waals surface area contributed by atoms with Crippen LogP contribution in [0.2, 0.25) is 0 Å². The van der Waals surface area contributed by atoms with Gasteiger partial charge in [0.15, 0.2) is 0 Å². The molecular formula is C15H18BrN3O. The van der Waals surface area contributed by atoms with E-state index in [1.807, 2.05) is 24.4 Å². The molecule has 1 fully saturated rings. The predicted molar refractivity (Wildman–Crippen MR) is 85.0 cm³/mol. The number of aromatic nitrogens is 1. The van der Waals surface area contributed by atoms with E-state index in [9.17, 15) is 4.79 Å². The van der Waals surface area contributed by atoms with Gasteiger partial charge in [0, 0.05) is 48.3 Å². The smallest absolute Gasteiger partial charge is 0.255 e. The topological polar surface area (TPSA) is 48.1 Å². The first-order valence-corrected chi connectivity index (χ1v) is 7.68. The Morgan fingerprint density at radius 2 is 2.25 bits per heavy atom. The largest absolute Gasteiger partial charge is 0.328 e. The Hall–Kier alpha value is -1.17. The maximum atomic E-state index is 11.9. The molecule has 0 bridgehead atoms. The molecule has 1 atom stereocenters. The first kappa shape index (κ1) is 13.8. The Balaban J connectivity index is 1.97. The van der Waals surface area contributed by atoms with Gasteiger partial charge in [-0.1, -0.05) is 15.9 Å². The highest BCUT2D eigenvalue weighted by atomic mass is 79.9. The number of hydrogen-bond acceptors (Lipinski definition) is 3. The SMILES string of the molecule is C[C@H]1CN(Cc2c[nH]c(=O)c3ccc(Br)cc23)CCN1. The van der Waals surface area contributed by atoms with Gasteiger partial charge in [0.25, 0.3) is 5.56 Å². The van der Waals surface area contributed by atoms with Gasteiger partial charge in [-0.25, -0.2) is 0 Å². The van der Waals surface area contributed by atoms with Crippen LogP contribution in [-0.2, 0) is 6.54 Å². The number of hydrogen-bond donors (Lipinski definition) is 2. The summed E-state index contributed by atoms with van der Waals surface area (Å²) in [5.41, 5.74) is 1.15. The number of halogens is 1. The van der Waals surface area contributed by atoms with E-state index >= 15 is 0 Å². The van der Waals surface area contributed by atoms with Crippen molar-refractivity contribution in [3.63, 3.8) is 0 Å². The molecular weight excluding hydrogens is 318 g/mol. The highest BCUT2D eigenvalue weighted by Gasteiger charge is 2.17. The molecule has 20 heavy (non-hydrogen) atoms. The lowest BCUT2D eigenvalue weighted by molar-refractivity contribution is 0.200. The van der Waals surface area contributed by atoms with Crippen LogP contribution >= 0.6 is 15.9 Å². The van der Waals surface area contributed by atoms with Gasteiger partial charge in [0.1, 0.15) is 0 Å². The third kappa shape index (κ3) is 2.80. The average Bonchev–Trinajstić information content (AvgIpc) is 2.42. The maximum Gasteiger partial charge on any atom is 0.255 e. The summed E-state index contributed by atoms with van der Waals surface area (Å²) in [5.74, 6) is 0. The quantitative estimate of drug-likeness (QED) is 0.883. The number of H-pyrrole nitrogens is 1. The van der Waals surface area contributed by atoms with Crippen LogP contribution in [0.4, 0.5) is 0 Å². The van der Waals surface area contributed by atoms with E-state index in [1.165, 1.54) is 5.56 Å². The van der Waals surface area contributed by atoms with Crippen LogP contribution in [0.5, 0.6) is 0 Å². The Labute approximate surface area is 126 Å². The van der Waals surface area contributed by atoms with Crippen LogP contribution in [0.3, 0.4) is 0 Å². The van der Waals surface area contributed by atoms with Crippen LogP contribution < -0.4 is 10.9 Å². The molecule has 3 rings (SSSR count).